The third-order valence-corrected chi connectivity index (χ3v) is 4.51. The number of amides is 1. The van der Waals surface area contributed by atoms with Crippen LogP contribution in [0.5, 0.6) is 0 Å². The highest BCUT2D eigenvalue weighted by atomic mass is 79.9. The van der Waals surface area contributed by atoms with Crippen LogP contribution in [-0.4, -0.2) is 32.4 Å². The number of hydrogen-bond donors (Lipinski definition) is 3. The van der Waals surface area contributed by atoms with Crippen LogP contribution in [0.3, 0.4) is 0 Å². The number of aliphatic hydroxyl groups excluding tert-OH is 1. The summed E-state index contributed by atoms with van der Waals surface area (Å²) in [6.45, 7) is 4.01. The van der Waals surface area contributed by atoms with Crippen molar-refractivity contribution in [3.8, 4) is 0 Å². The number of nitrogens with two attached hydrogens (primary N) is 1. The average Bonchev–Trinajstić information content (AvgIpc) is 2.94. The fraction of sp³-hybridized carbons (Fsp3) is 0.312. The van der Waals surface area contributed by atoms with E-state index in [1.165, 1.54) is 0 Å². The standard InChI is InChI=1S/C16H18BrN5O2/c1-9-13(15(18)24)14(10-4-6-11(17)7-5-10)22-16(19-9)20-12(21-22)3-2-8-23/h4-7,13-14,23H,1-3,8H2,(H2,18,24)(H,19,20,21)/t13-,14+/m1/s1. The summed E-state index contributed by atoms with van der Waals surface area (Å²) in [6.07, 6.45) is 1.13. The monoisotopic (exact) mass is 391 g/mol. The van der Waals surface area contributed by atoms with Crippen molar-refractivity contribution in [2.75, 3.05) is 11.9 Å². The lowest BCUT2D eigenvalue weighted by Crippen LogP contribution is -2.40. The van der Waals surface area contributed by atoms with Crippen LogP contribution < -0.4 is 11.1 Å². The van der Waals surface area contributed by atoms with Crippen molar-refractivity contribution in [1.82, 2.24) is 14.8 Å². The number of nitrogens with one attached hydrogen (secondary N) is 1. The summed E-state index contributed by atoms with van der Waals surface area (Å²) in [7, 11) is 0. The van der Waals surface area contributed by atoms with Crippen LogP contribution in [-0.2, 0) is 11.2 Å². The van der Waals surface area contributed by atoms with Gasteiger partial charge in [-0.15, -0.1) is 0 Å². The van der Waals surface area contributed by atoms with Crippen molar-refractivity contribution in [3.63, 3.8) is 0 Å². The van der Waals surface area contributed by atoms with E-state index in [1.54, 1.807) is 4.68 Å². The van der Waals surface area contributed by atoms with Gasteiger partial charge in [-0.25, -0.2) is 4.68 Å². The molecular formula is C16H18BrN5O2. The lowest BCUT2D eigenvalue weighted by atomic mass is 9.89. The van der Waals surface area contributed by atoms with E-state index in [0.29, 0.717) is 30.3 Å². The second kappa shape index (κ2) is 6.74. The maximum absolute atomic E-state index is 12.0. The Kier molecular flexibility index (Phi) is 4.68. The lowest BCUT2D eigenvalue weighted by Gasteiger charge is -2.32. The van der Waals surface area contributed by atoms with Gasteiger partial charge in [-0.1, -0.05) is 34.6 Å². The van der Waals surface area contributed by atoms with Gasteiger partial charge >= 0.3 is 0 Å². The van der Waals surface area contributed by atoms with Gasteiger partial charge in [-0.3, -0.25) is 4.79 Å². The number of aliphatic hydroxyl groups is 1. The molecule has 3 rings (SSSR count). The van der Waals surface area contributed by atoms with Crippen LogP contribution in [0.15, 0.2) is 41.0 Å². The predicted octanol–water partition coefficient (Wildman–Crippen LogP) is 1.60. The molecule has 0 unspecified atom stereocenters. The molecule has 1 aromatic heterocycles. The number of aryl methyl sites for hydroxylation is 1. The molecule has 2 atom stereocenters. The summed E-state index contributed by atoms with van der Waals surface area (Å²) in [4.78, 5) is 16.5. The van der Waals surface area contributed by atoms with Crippen molar-refractivity contribution in [2.24, 2.45) is 11.7 Å². The molecule has 4 N–H and O–H groups in total. The normalized spacial score (nSPS) is 19.7. The van der Waals surface area contributed by atoms with E-state index in [-0.39, 0.29) is 6.61 Å². The van der Waals surface area contributed by atoms with Gasteiger partial charge in [0.15, 0.2) is 5.82 Å². The smallest absolute Gasteiger partial charge is 0.229 e. The minimum Gasteiger partial charge on any atom is -0.396 e. The van der Waals surface area contributed by atoms with Gasteiger partial charge in [0.2, 0.25) is 11.9 Å². The van der Waals surface area contributed by atoms with E-state index in [9.17, 15) is 4.79 Å². The Labute approximate surface area is 147 Å². The van der Waals surface area contributed by atoms with E-state index >= 15 is 0 Å². The number of fused-ring (bicyclic) bond motifs is 1. The van der Waals surface area contributed by atoms with Gasteiger partial charge in [0.25, 0.3) is 0 Å². The quantitative estimate of drug-likeness (QED) is 0.717. The van der Waals surface area contributed by atoms with E-state index in [2.05, 4.69) is 37.9 Å². The lowest BCUT2D eigenvalue weighted by molar-refractivity contribution is -0.121. The Morgan fingerprint density at radius 2 is 2.12 bits per heavy atom. The molecule has 7 nitrogen and oxygen atoms in total. The molecular weight excluding hydrogens is 374 g/mol. The Morgan fingerprint density at radius 1 is 1.42 bits per heavy atom. The molecule has 0 spiro atoms. The number of anilines is 1. The van der Waals surface area contributed by atoms with Gasteiger partial charge in [-0.2, -0.15) is 10.1 Å². The third kappa shape index (κ3) is 3.07. The molecule has 1 amide bonds. The SMILES string of the molecule is C=C1Nc2nc(CCCO)nn2[C@@H](c2ccc(Br)cc2)[C@@H]1C(N)=O. The first-order chi connectivity index (χ1) is 11.5. The minimum absolute atomic E-state index is 0.0735. The highest BCUT2D eigenvalue weighted by molar-refractivity contribution is 9.10. The van der Waals surface area contributed by atoms with E-state index in [4.69, 9.17) is 10.8 Å². The van der Waals surface area contributed by atoms with Crippen LogP contribution in [0.25, 0.3) is 0 Å². The van der Waals surface area contributed by atoms with Crippen LogP contribution in [0.2, 0.25) is 0 Å². The molecule has 24 heavy (non-hydrogen) atoms. The largest absolute Gasteiger partial charge is 0.396 e. The van der Waals surface area contributed by atoms with Gasteiger partial charge < -0.3 is 16.2 Å². The molecule has 0 bridgehead atoms. The first-order valence-corrected chi connectivity index (χ1v) is 8.37. The fourth-order valence-electron chi connectivity index (χ4n) is 2.86. The number of carbonyl (C=O) groups is 1. The predicted molar refractivity (Wildman–Crippen MR) is 93.2 cm³/mol. The number of carbonyl (C=O) groups excluding carboxylic acids is 1. The van der Waals surface area contributed by atoms with E-state index in [1.807, 2.05) is 24.3 Å². The Hall–Kier alpha value is -2.19. The van der Waals surface area contributed by atoms with Crippen LogP contribution in [0.1, 0.15) is 23.9 Å². The van der Waals surface area contributed by atoms with Gasteiger partial charge in [0.05, 0.1) is 6.04 Å². The van der Waals surface area contributed by atoms with Gasteiger partial charge in [0, 0.05) is 23.2 Å². The van der Waals surface area contributed by atoms with Crippen molar-refractivity contribution >= 4 is 27.8 Å². The summed E-state index contributed by atoms with van der Waals surface area (Å²) in [6, 6.07) is 7.24. The van der Waals surface area contributed by atoms with E-state index < -0.39 is 17.9 Å². The third-order valence-electron chi connectivity index (χ3n) is 3.98. The summed E-state index contributed by atoms with van der Waals surface area (Å²) in [5.74, 6) is 0.0227. The fourth-order valence-corrected chi connectivity index (χ4v) is 3.13. The Bertz CT molecular complexity index is 771. The zero-order valence-electron chi connectivity index (χ0n) is 12.9. The zero-order chi connectivity index (χ0) is 17.3. The van der Waals surface area contributed by atoms with Crippen molar-refractivity contribution in [2.45, 2.75) is 18.9 Å². The zero-order valence-corrected chi connectivity index (χ0v) is 14.5. The summed E-state index contributed by atoms with van der Waals surface area (Å²) in [5, 5.41) is 16.5. The highest BCUT2D eigenvalue weighted by Gasteiger charge is 2.38. The van der Waals surface area contributed by atoms with Crippen LogP contribution in [0.4, 0.5) is 5.95 Å². The molecule has 0 saturated heterocycles. The molecule has 126 valence electrons. The summed E-state index contributed by atoms with van der Waals surface area (Å²) in [5.41, 5.74) is 7.01. The molecule has 0 fully saturated rings. The molecule has 8 heteroatoms. The number of rotatable bonds is 5. The van der Waals surface area contributed by atoms with Crippen LogP contribution >= 0.6 is 15.9 Å². The first-order valence-electron chi connectivity index (χ1n) is 7.58. The molecule has 0 radical (unpaired) electrons. The average molecular weight is 392 g/mol. The number of benzene rings is 1. The number of primary amides is 1. The molecule has 0 aliphatic carbocycles. The number of aromatic nitrogens is 3. The molecule has 1 aromatic carbocycles. The van der Waals surface area contributed by atoms with Gasteiger partial charge in [0.1, 0.15) is 5.92 Å². The molecule has 2 aromatic rings. The number of hydrogen-bond acceptors (Lipinski definition) is 5. The topological polar surface area (TPSA) is 106 Å². The van der Waals surface area contributed by atoms with Crippen molar-refractivity contribution in [3.05, 3.63) is 52.4 Å². The Morgan fingerprint density at radius 3 is 2.75 bits per heavy atom. The summed E-state index contributed by atoms with van der Waals surface area (Å²) < 4.78 is 2.62. The van der Waals surface area contributed by atoms with Crippen molar-refractivity contribution < 1.29 is 9.90 Å². The van der Waals surface area contributed by atoms with Crippen molar-refractivity contribution in [1.29, 1.82) is 0 Å². The van der Waals surface area contributed by atoms with Crippen LogP contribution in [0, 0.1) is 5.92 Å². The second-order valence-electron chi connectivity index (χ2n) is 5.65. The number of halogens is 1. The number of nitrogens with zero attached hydrogens (tertiary/aromatic N) is 3. The molecule has 1 aliphatic rings. The minimum atomic E-state index is -0.633. The van der Waals surface area contributed by atoms with E-state index in [0.717, 1.165) is 10.0 Å². The summed E-state index contributed by atoms with van der Waals surface area (Å²) >= 11 is 3.41. The highest BCUT2D eigenvalue weighted by Crippen LogP contribution is 2.37. The first kappa shape index (κ1) is 16.7. The molecule has 0 saturated carbocycles. The maximum atomic E-state index is 12.0. The molecule has 1 aliphatic heterocycles. The molecule has 2 heterocycles. The maximum Gasteiger partial charge on any atom is 0.229 e. The Balaban J connectivity index is 2.07. The second-order valence-corrected chi connectivity index (χ2v) is 6.57. The van der Waals surface area contributed by atoms with Gasteiger partial charge in [-0.05, 0) is 24.1 Å².